The van der Waals surface area contributed by atoms with Gasteiger partial charge in [0.05, 0.1) is 6.04 Å². The molecule has 0 N–H and O–H groups in total. The molecule has 0 radical (unpaired) electrons. The first-order chi connectivity index (χ1) is 11.4. The maximum Gasteiger partial charge on any atom is 0.266 e. The Morgan fingerprint density at radius 3 is 2.67 bits per heavy atom. The van der Waals surface area contributed by atoms with Crippen molar-refractivity contribution in [3.63, 3.8) is 0 Å². The van der Waals surface area contributed by atoms with Crippen LogP contribution in [0.1, 0.15) is 38.6 Å². The lowest BCUT2D eigenvalue weighted by molar-refractivity contribution is -0.146. The third-order valence-corrected chi connectivity index (χ3v) is 4.42. The van der Waals surface area contributed by atoms with Crippen LogP contribution in [-0.2, 0) is 11.8 Å². The van der Waals surface area contributed by atoms with E-state index in [1.807, 2.05) is 4.90 Å². The van der Waals surface area contributed by atoms with Gasteiger partial charge in [0.15, 0.2) is 11.4 Å². The van der Waals surface area contributed by atoms with Gasteiger partial charge in [0.2, 0.25) is 0 Å². The van der Waals surface area contributed by atoms with Gasteiger partial charge in [-0.2, -0.15) is 0 Å². The first kappa shape index (κ1) is 16.7. The zero-order valence-electron chi connectivity index (χ0n) is 13.9. The summed E-state index contributed by atoms with van der Waals surface area (Å²) in [5.41, 5.74) is -0.998. The molecule has 3 rings (SSSR count). The van der Waals surface area contributed by atoms with Crippen LogP contribution in [0.5, 0.6) is 5.75 Å². The van der Waals surface area contributed by atoms with E-state index in [0.717, 1.165) is 12.8 Å². The standard InChI is InChI=1S/C16H20ClN5O2/c1-16(2,24-12-8-6-11(17)7-9-12)15(23)22-10-4-5-13(22)14-18-19-20-21(14)3/h6-9,13H,4-5,10H2,1-3H3/t13-/m0/s1. The molecule has 1 aromatic carbocycles. The minimum absolute atomic E-state index is 0.0806. The fraction of sp³-hybridized carbons (Fsp3) is 0.500. The van der Waals surface area contributed by atoms with Crippen LogP contribution in [0.15, 0.2) is 24.3 Å². The highest BCUT2D eigenvalue weighted by Crippen LogP contribution is 2.33. The first-order valence-corrected chi connectivity index (χ1v) is 8.24. The number of likely N-dealkylation sites (tertiary alicyclic amines) is 1. The minimum atomic E-state index is -0.998. The van der Waals surface area contributed by atoms with Crippen molar-refractivity contribution in [2.75, 3.05) is 6.54 Å². The molecule has 24 heavy (non-hydrogen) atoms. The van der Waals surface area contributed by atoms with Crippen LogP contribution in [-0.4, -0.2) is 43.2 Å². The van der Waals surface area contributed by atoms with Crippen LogP contribution >= 0.6 is 11.6 Å². The van der Waals surface area contributed by atoms with Gasteiger partial charge in [-0.25, -0.2) is 4.68 Å². The van der Waals surface area contributed by atoms with Gasteiger partial charge in [0, 0.05) is 18.6 Å². The monoisotopic (exact) mass is 349 g/mol. The number of aromatic nitrogens is 4. The van der Waals surface area contributed by atoms with Crippen molar-refractivity contribution < 1.29 is 9.53 Å². The number of aryl methyl sites for hydroxylation is 1. The Labute approximate surface area is 145 Å². The Morgan fingerprint density at radius 2 is 2.04 bits per heavy atom. The zero-order valence-corrected chi connectivity index (χ0v) is 14.7. The van der Waals surface area contributed by atoms with E-state index in [2.05, 4.69) is 15.5 Å². The summed E-state index contributed by atoms with van der Waals surface area (Å²) in [6.07, 6.45) is 1.76. The molecule has 0 aliphatic carbocycles. The van der Waals surface area contributed by atoms with Gasteiger partial charge >= 0.3 is 0 Å². The molecule has 1 amide bonds. The molecule has 1 atom stereocenters. The average molecular weight is 350 g/mol. The molecule has 0 saturated carbocycles. The van der Waals surface area contributed by atoms with Gasteiger partial charge in [0.1, 0.15) is 5.75 Å². The van der Waals surface area contributed by atoms with E-state index in [1.54, 1.807) is 49.8 Å². The molecule has 2 aromatic rings. The maximum absolute atomic E-state index is 13.1. The number of benzene rings is 1. The normalized spacial score (nSPS) is 18.0. The zero-order chi connectivity index (χ0) is 17.3. The predicted octanol–water partition coefficient (Wildman–Crippen LogP) is 2.38. The van der Waals surface area contributed by atoms with E-state index >= 15 is 0 Å². The Bertz CT molecular complexity index is 728. The molecule has 1 aliphatic rings. The number of nitrogens with zero attached hydrogens (tertiary/aromatic N) is 5. The molecule has 7 nitrogen and oxygen atoms in total. The summed E-state index contributed by atoms with van der Waals surface area (Å²) >= 11 is 5.89. The summed E-state index contributed by atoms with van der Waals surface area (Å²) in [6, 6.07) is 6.87. The summed E-state index contributed by atoms with van der Waals surface area (Å²) in [7, 11) is 1.78. The number of carbonyl (C=O) groups excluding carboxylic acids is 1. The van der Waals surface area contributed by atoms with Gasteiger partial charge in [-0.3, -0.25) is 4.79 Å². The maximum atomic E-state index is 13.1. The Hall–Kier alpha value is -2.15. The van der Waals surface area contributed by atoms with E-state index in [-0.39, 0.29) is 11.9 Å². The summed E-state index contributed by atoms with van der Waals surface area (Å²) in [4.78, 5) is 14.9. The molecule has 8 heteroatoms. The van der Waals surface area contributed by atoms with E-state index < -0.39 is 5.60 Å². The Balaban J connectivity index is 1.78. The number of carbonyl (C=O) groups is 1. The molecular formula is C16H20ClN5O2. The molecule has 1 aliphatic heterocycles. The SMILES string of the molecule is Cn1nnnc1[C@@H]1CCCN1C(=O)C(C)(C)Oc1ccc(Cl)cc1. The van der Waals surface area contributed by atoms with Crippen molar-refractivity contribution in [3.05, 3.63) is 35.1 Å². The van der Waals surface area contributed by atoms with Crippen molar-refractivity contribution in [1.82, 2.24) is 25.1 Å². The van der Waals surface area contributed by atoms with Gasteiger partial charge in [-0.05, 0) is 61.4 Å². The minimum Gasteiger partial charge on any atom is -0.478 e. The lowest BCUT2D eigenvalue weighted by Crippen LogP contribution is -2.48. The number of tetrazole rings is 1. The predicted molar refractivity (Wildman–Crippen MR) is 88.6 cm³/mol. The largest absolute Gasteiger partial charge is 0.478 e. The molecule has 1 saturated heterocycles. The summed E-state index contributed by atoms with van der Waals surface area (Å²) in [6.45, 7) is 4.21. The number of hydrogen-bond acceptors (Lipinski definition) is 5. The van der Waals surface area contributed by atoms with E-state index in [9.17, 15) is 4.79 Å². The summed E-state index contributed by atoms with van der Waals surface area (Å²) < 4.78 is 7.53. The summed E-state index contributed by atoms with van der Waals surface area (Å²) in [5, 5.41) is 12.2. The van der Waals surface area contributed by atoms with E-state index in [4.69, 9.17) is 16.3 Å². The third kappa shape index (κ3) is 3.21. The van der Waals surface area contributed by atoms with Crippen molar-refractivity contribution in [1.29, 1.82) is 0 Å². The van der Waals surface area contributed by atoms with Crippen molar-refractivity contribution in [3.8, 4) is 5.75 Å². The molecule has 1 fully saturated rings. The van der Waals surface area contributed by atoms with Gasteiger partial charge in [-0.15, -0.1) is 5.10 Å². The Morgan fingerprint density at radius 1 is 1.33 bits per heavy atom. The molecule has 0 spiro atoms. The first-order valence-electron chi connectivity index (χ1n) is 7.86. The molecule has 2 heterocycles. The van der Waals surface area contributed by atoms with Crippen molar-refractivity contribution >= 4 is 17.5 Å². The Kier molecular flexibility index (Phi) is 4.45. The van der Waals surface area contributed by atoms with Crippen LogP contribution in [0, 0.1) is 0 Å². The fourth-order valence-electron chi connectivity index (χ4n) is 2.98. The molecular weight excluding hydrogens is 330 g/mol. The second-order valence-corrected chi connectivity index (χ2v) is 6.82. The third-order valence-electron chi connectivity index (χ3n) is 4.17. The van der Waals surface area contributed by atoms with Crippen LogP contribution in [0.4, 0.5) is 0 Å². The molecule has 0 bridgehead atoms. The average Bonchev–Trinajstić information content (AvgIpc) is 3.16. The second kappa shape index (κ2) is 6.39. The molecule has 1 aromatic heterocycles. The topological polar surface area (TPSA) is 73.1 Å². The van der Waals surface area contributed by atoms with Crippen LogP contribution in [0.25, 0.3) is 0 Å². The van der Waals surface area contributed by atoms with Crippen LogP contribution in [0.2, 0.25) is 5.02 Å². The quantitative estimate of drug-likeness (QED) is 0.847. The van der Waals surface area contributed by atoms with Crippen molar-refractivity contribution in [2.24, 2.45) is 7.05 Å². The van der Waals surface area contributed by atoms with Gasteiger partial charge in [0.25, 0.3) is 5.91 Å². The van der Waals surface area contributed by atoms with Gasteiger partial charge < -0.3 is 9.64 Å². The van der Waals surface area contributed by atoms with E-state index in [0.29, 0.717) is 23.1 Å². The number of hydrogen-bond donors (Lipinski definition) is 0. The van der Waals surface area contributed by atoms with Crippen LogP contribution in [0.3, 0.4) is 0 Å². The van der Waals surface area contributed by atoms with E-state index in [1.165, 1.54) is 0 Å². The summed E-state index contributed by atoms with van der Waals surface area (Å²) in [5.74, 6) is 1.22. The van der Waals surface area contributed by atoms with Gasteiger partial charge in [-0.1, -0.05) is 11.6 Å². The lowest BCUT2D eigenvalue weighted by atomic mass is 10.1. The molecule has 0 unspecified atom stereocenters. The smallest absolute Gasteiger partial charge is 0.266 e. The highest BCUT2D eigenvalue weighted by atomic mass is 35.5. The lowest BCUT2D eigenvalue weighted by Gasteiger charge is -2.32. The van der Waals surface area contributed by atoms with Crippen LogP contribution < -0.4 is 4.74 Å². The number of rotatable bonds is 4. The fourth-order valence-corrected chi connectivity index (χ4v) is 3.11. The van der Waals surface area contributed by atoms with Crippen molar-refractivity contribution in [2.45, 2.75) is 38.3 Å². The highest BCUT2D eigenvalue weighted by Gasteiger charge is 2.41. The highest BCUT2D eigenvalue weighted by molar-refractivity contribution is 6.30. The number of amides is 1. The number of ether oxygens (including phenoxy) is 1. The number of halogens is 1. The second-order valence-electron chi connectivity index (χ2n) is 6.38. The molecule has 128 valence electrons.